The van der Waals surface area contributed by atoms with Crippen molar-refractivity contribution < 1.29 is 9.18 Å². The number of benzene rings is 1. The summed E-state index contributed by atoms with van der Waals surface area (Å²) in [6.45, 7) is 1.73. The third-order valence-electron chi connectivity index (χ3n) is 1.90. The van der Waals surface area contributed by atoms with E-state index in [9.17, 15) is 9.18 Å². The number of thioether (sulfide) groups is 1. The molecule has 0 aliphatic carbocycles. The fourth-order valence-electron chi connectivity index (χ4n) is 0.936. The molecule has 0 aromatic heterocycles. The first-order chi connectivity index (χ1) is 7.00. The van der Waals surface area contributed by atoms with E-state index >= 15 is 0 Å². The van der Waals surface area contributed by atoms with E-state index in [-0.39, 0.29) is 17.0 Å². The number of carbonyl (C=O) groups is 1. The molecule has 0 saturated carbocycles. The zero-order chi connectivity index (χ0) is 11.4. The molecule has 5 heteroatoms. The minimum Gasteiger partial charge on any atom is -0.369 e. The van der Waals surface area contributed by atoms with Crippen LogP contribution >= 0.6 is 23.4 Å². The molecule has 2 N–H and O–H groups in total. The van der Waals surface area contributed by atoms with Crippen molar-refractivity contribution >= 4 is 29.3 Å². The van der Waals surface area contributed by atoms with E-state index < -0.39 is 0 Å². The van der Waals surface area contributed by atoms with Crippen molar-refractivity contribution in [3.8, 4) is 0 Å². The molecule has 1 aromatic carbocycles. The molecule has 82 valence electrons. The Labute approximate surface area is 97.0 Å². The molecular weight excluding hydrogens is 237 g/mol. The molecule has 1 unspecified atom stereocenters. The van der Waals surface area contributed by atoms with Crippen molar-refractivity contribution in [2.45, 2.75) is 17.9 Å². The van der Waals surface area contributed by atoms with Crippen LogP contribution in [-0.2, 0) is 10.5 Å². The van der Waals surface area contributed by atoms with Gasteiger partial charge in [0.2, 0.25) is 5.91 Å². The summed E-state index contributed by atoms with van der Waals surface area (Å²) in [7, 11) is 0. The highest BCUT2D eigenvalue weighted by Gasteiger charge is 2.10. The van der Waals surface area contributed by atoms with Crippen LogP contribution in [0, 0.1) is 5.82 Å². The van der Waals surface area contributed by atoms with Gasteiger partial charge in [0.05, 0.1) is 5.25 Å². The van der Waals surface area contributed by atoms with Gasteiger partial charge in [-0.1, -0.05) is 17.7 Å². The van der Waals surface area contributed by atoms with E-state index in [0.717, 1.165) is 5.56 Å². The molecular formula is C10H11ClFNOS. The normalized spacial score (nSPS) is 12.5. The fraction of sp³-hybridized carbons (Fsp3) is 0.300. The molecule has 1 rings (SSSR count). The van der Waals surface area contributed by atoms with Gasteiger partial charge in [0, 0.05) is 10.8 Å². The summed E-state index contributed by atoms with van der Waals surface area (Å²) in [5, 5.41) is 0.102. The van der Waals surface area contributed by atoms with Crippen molar-refractivity contribution in [3.05, 3.63) is 34.6 Å². The molecule has 0 radical (unpaired) electrons. The van der Waals surface area contributed by atoms with Crippen molar-refractivity contribution in [1.82, 2.24) is 0 Å². The summed E-state index contributed by atoms with van der Waals surface area (Å²) < 4.78 is 12.7. The molecule has 1 amide bonds. The third kappa shape index (κ3) is 3.72. The second-order valence-electron chi connectivity index (χ2n) is 3.09. The summed E-state index contributed by atoms with van der Waals surface area (Å²) in [6.07, 6.45) is 0. The van der Waals surface area contributed by atoms with E-state index in [1.807, 2.05) is 0 Å². The molecule has 1 atom stereocenters. The molecule has 2 nitrogen and oxygen atoms in total. The van der Waals surface area contributed by atoms with Crippen molar-refractivity contribution in [1.29, 1.82) is 0 Å². The first kappa shape index (κ1) is 12.3. The van der Waals surface area contributed by atoms with E-state index in [1.165, 1.54) is 23.9 Å². The van der Waals surface area contributed by atoms with Crippen molar-refractivity contribution in [2.24, 2.45) is 5.73 Å². The van der Waals surface area contributed by atoms with E-state index in [2.05, 4.69) is 0 Å². The number of nitrogens with two attached hydrogens (primary N) is 1. The summed E-state index contributed by atoms with van der Waals surface area (Å²) >= 11 is 7.20. The molecule has 0 aliphatic rings. The lowest BCUT2D eigenvalue weighted by Gasteiger charge is -2.08. The summed E-state index contributed by atoms with van der Waals surface area (Å²) in [5.41, 5.74) is 5.91. The Bertz CT molecular complexity index is 372. The van der Waals surface area contributed by atoms with Crippen LogP contribution in [0.5, 0.6) is 0 Å². The molecule has 0 spiro atoms. The van der Waals surface area contributed by atoms with Gasteiger partial charge in [-0.25, -0.2) is 4.39 Å². The largest absolute Gasteiger partial charge is 0.369 e. The second-order valence-corrected chi connectivity index (χ2v) is 4.83. The summed E-state index contributed by atoms with van der Waals surface area (Å²) in [6, 6.07) is 4.21. The maximum atomic E-state index is 12.7. The molecule has 15 heavy (non-hydrogen) atoms. The number of primary amides is 1. The monoisotopic (exact) mass is 247 g/mol. The minimum atomic E-state index is -0.364. The van der Waals surface area contributed by atoms with E-state index in [0.29, 0.717) is 10.8 Å². The Hall–Kier alpha value is -0.740. The average Bonchev–Trinajstić information content (AvgIpc) is 2.15. The number of halogens is 2. The molecule has 0 saturated heterocycles. The molecule has 0 fully saturated rings. The Morgan fingerprint density at radius 3 is 2.87 bits per heavy atom. The summed E-state index contributed by atoms with van der Waals surface area (Å²) in [5.74, 6) is -0.182. The van der Waals surface area contributed by atoms with Crippen LogP contribution in [0.1, 0.15) is 12.5 Å². The van der Waals surface area contributed by atoms with Gasteiger partial charge in [-0.3, -0.25) is 4.79 Å². The van der Waals surface area contributed by atoms with Crippen LogP contribution < -0.4 is 5.73 Å². The van der Waals surface area contributed by atoms with Crippen LogP contribution in [0.15, 0.2) is 18.2 Å². The van der Waals surface area contributed by atoms with Gasteiger partial charge in [0.15, 0.2) is 0 Å². The number of hydrogen-bond donors (Lipinski definition) is 1. The maximum absolute atomic E-state index is 12.7. The summed E-state index contributed by atoms with van der Waals surface area (Å²) in [4.78, 5) is 10.8. The maximum Gasteiger partial charge on any atom is 0.230 e. The van der Waals surface area contributed by atoms with Gasteiger partial charge in [0.25, 0.3) is 0 Å². The third-order valence-corrected chi connectivity index (χ3v) is 3.47. The topological polar surface area (TPSA) is 43.1 Å². The van der Waals surface area contributed by atoms with Crippen LogP contribution in [0.2, 0.25) is 5.02 Å². The fourth-order valence-corrected chi connectivity index (χ4v) is 2.09. The Kier molecular flexibility index (Phi) is 4.42. The number of hydrogen-bond acceptors (Lipinski definition) is 2. The Balaban J connectivity index is 2.62. The van der Waals surface area contributed by atoms with Crippen molar-refractivity contribution in [2.75, 3.05) is 0 Å². The van der Waals surface area contributed by atoms with Crippen LogP contribution in [0.4, 0.5) is 4.39 Å². The smallest absolute Gasteiger partial charge is 0.230 e. The van der Waals surface area contributed by atoms with E-state index in [1.54, 1.807) is 13.0 Å². The zero-order valence-electron chi connectivity index (χ0n) is 8.17. The lowest BCUT2D eigenvalue weighted by atomic mass is 10.2. The molecule has 1 aromatic rings. The lowest BCUT2D eigenvalue weighted by Crippen LogP contribution is -2.22. The van der Waals surface area contributed by atoms with Gasteiger partial charge in [-0.05, 0) is 24.6 Å². The van der Waals surface area contributed by atoms with Gasteiger partial charge in [-0.2, -0.15) is 0 Å². The zero-order valence-corrected chi connectivity index (χ0v) is 9.74. The number of rotatable bonds is 4. The highest BCUT2D eigenvalue weighted by Crippen LogP contribution is 2.24. The lowest BCUT2D eigenvalue weighted by molar-refractivity contribution is -0.117. The minimum absolute atomic E-state index is 0.272. The Morgan fingerprint density at radius 2 is 2.33 bits per heavy atom. The van der Waals surface area contributed by atoms with Crippen LogP contribution in [0.3, 0.4) is 0 Å². The SMILES string of the molecule is CC(SCc1ccc(F)cc1Cl)C(N)=O. The van der Waals surface area contributed by atoms with Gasteiger partial charge in [-0.15, -0.1) is 11.8 Å². The first-order valence-electron chi connectivity index (χ1n) is 4.35. The predicted octanol–water partition coefficient (Wildman–Crippen LogP) is 2.59. The molecule has 0 heterocycles. The average molecular weight is 248 g/mol. The van der Waals surface area contributed by atoms with Crippen LogP contribution in [-0.4, -0.2) is 11.2 Å². The Morgan fingerprint density at radius 1 is 1.67 bits per heavy atom. The highest BCUT2D eigenvalue weighted by atomic mass is 35.5. The standard InChI is InChI=1S/C10H11ClFNOS/c1-6(10(13)14)15-5-7-2-3-8(12)4-9(7)11/h2-4,6H,5H2,1H3,(H2,13,14). The van der Waals surface area contributed by atoms with Gasteiger partial charge < -0.3 is 5.73 Å². The van der Waals surface area contributed by atoms with Crippen LogP contribution in [0.25, 0.3) is 0 Å². The second kappa shape index (κ2) is 5.37. The number of amides is 1. The van der Waals surface area contributed by atoms with E-state index in [4.69, 9.17) is 17.3 Å². The quantitative estimate of drug-likeness (QED) is 0.889. The number of carbonyl (C=O) groups excluding carboxylic acids is 1. The highest BCUT2D eigenvalue weighted by molar-refractivity contribution is 7.99. The first-order valence-corrected chi connectivity index (χ1v) is 5.78. The predicted molar refractivity (Wildman–Crippen MR) is 61.4 cm³/mol. The van der Waals surface area contributed by atoms with Crippen molar-refractivity contribution in [3.63, 3.8) is 0 Å². The van der Waals surface area contributed by atoms with Gasteiger partial charge in [0.1, 0.15) is 5.82 Å². The molecule has 0 aliphatic heterocycles. The molecule has 0 bridgehead atoms. The van der Waals surface area contributed by atoms with Gasteiger partial charge >= 0.3 is 0 Å².